The molecule has 0 aliphatic rings. The Labute approximate surface area is 121 Å². The van der Waals surface area contributed by atoms with Crippen LogP contribution < -0.4 is 4.74 Å². The van der Waals surface area contributed by atoms with Crippen molar-refractivity contribution in [3.8, 4) is 5.75 Å². The summed E-state index contributed by atoms with van der Waals surface area (Å²) in [6.07, 6.45) is 0. The van der Waals surface area contributed by atoms with Crippen LogP contribution in [0.4, 0.5) is 0 Å². The molecule has 4 nitrogen and oxygen atoms in total. The van der Waals surface area contributed by atoms with Crippen molar-refractivity contribution in [2.45, 2.75) is 39.2 Å². The van der Waals surface area contributed by atoms with E-state index in [4.69, 9.17) is 4.74 Å². The lowest BCUT2D eigenvalue weighted by atomic mass is 9.98. The Bertz CT molecular complexity index is 434. The first-order valence-corrected chi connectivity index (χ1v) is 6.93. The van der Waals surface area contributed by atoms with Crippen molar-refractivity contribution in [1.82, 2.24) is 4.90 Å². The summed E-state index contributed by atoms with van der Waals surface area (Å²) in [6.45, 7) is 8.15. The number of hydrogen-bond acceptors (Lipinski definition) is 3. The highest BCUT2D eigenvalue weighted by Crippen LogP contribution is 2.22. The standard InChI is InChI=1S/C16H25NO3/c1-6-17(11-16(3,4)19)15(18)12(2)13-7-9-14(20-5)10-8-13/h7-10,12,19H,6,11H2,1-5H3. The molecule has 0 saturated heterocycles. The van der Waals surface area contributed by atoms with E-state index in [-0.39, 0.29) is 11.8 Å². The smallest absolute Gasteiger partial charge is 0.229 e. The van der Waals surface area contributed by atoms with E-state index in [1.807, 2.05) is 38.1 Å². The molecule has 0 fully saturated rings. The summed E-state index contributed by atoms with van der Waals surface area (Å²) in [7, 11) is 1.62. The Hall–Kier alpha value is -1.55. The first-order valence-electron chi connectivity index (χ1n) is 6.93. The number of aliphatic hydroxyl groups is 1. The summed E-state index contributed by atoms with van der Waals surface area (Å²) in [5.41, 5.74) is 0.0654. The van der Waals surface area contributed by atoms with Gasteiger partial charge in [-0.3, -0.25) is 4.79 Å². The number of rotatable bonds is 6. The first kappa shape index (κ1) is 16.5. The van der Waals surface area contributed by atoms with Gasteiger partial charge in [-0.05, 0) is 45.4 Å². The lowest BCUT2D eigenvalue weighted by Crippen LogP contribution is -2.43. The fourth-order valence-electron chi connectivity index (χ4n) is 2.12. The zero-order chi connectivity index (χ0) is 15.3. The van der Waals surface area contributed by atoms with Crippen LogP contribution in [-0.4, -0.2) is 41.7 Å². The third kappa shape index (κ3) is 4.53. The number of amides is 1. The minimum atomic E-state index is -0.884. The molecule has 112 valence electrons. The summed E-state index contributed by atoms with van der Waals surface area (Å²) in [6, 6.07) is 7.51. The van der Waals surface area contributed by atoms with Crippen molar-refractivity contribution in [1.29, 1.82) is 0 Å². The lowest BCUT2D eigenvalue weighted by Gasteiger charge is -2.30. The first-order chi connectivity index (χ1) is 9.28. The maximum Gasteiger partial charge on any atom is 0.229 e. The summed E-state index contributed by atoms with van der Waals surface area (Å²) >= 11 is 0. The Morgan fingerprint density at radius 3 is 2.30 bits per heavy atom. The number of methoxy groups -OCH3 is 1. The van der Waals surface area contributed by atoms with Gasteiger partial charge in [0.05, 0.1) is 18.6 Å². The van der Waals surface area contributed by atoms with Crippen LogP contribution in [0.1, 0.15) is 39.2 Å². The Morgan fingerprint density at radius 1 is 1.35 bits per heavy atom. The topological polar surface area (TPSA) is 49.8 Å². The lowest BCUT2D eigenvalue weighted by molar-refractivity contribution is -0.135. The molecule has 20 heavy (non-hydrogen) atoms. The van der Waals surface area contributed by atoms with Gasteiger partial charge in [0.15, 0.2) is 0 Å². The van der Waals surface area contributed by atoms with E-state index in [1.165, 1.54) is 0 Å². The van der Waals surface area contributed by atoms with Crippen LogP contribution in [0, 0.1) is 0 Å². The highest BCUT2D eigenvalue weighted by Gasteiger charge is 2.25. The number of likely N-dealkylation sites (N-methyl/N-ethyl adjacent to an activating group) is 1. The van der Waals surface area contributed by atoms with Crippen LogP contribution in [0.15, 0.2) is 24.3 Å². The molecule has 0 saturated carbocycles. The van der Waals surface area contributed by atoms with E-state index in [0.29, 0.717) is 13.1 Å². The monoisotopic (exact) mass is 279 g/mol. The molecule has 1 amide bonds. The largest absolute Gasteiger partial charge is 0.497 e. The number of benzene rings is 1. The molecule has 0 aromatic heterocycles. The fraction of sp³-hybridized carbons (Fsp3) is 0.562. The SMILES string of the molecule is CCN(CC(C)(C)O)C(=O)C(C)c1ccc(OC)cc1. The normalized spacial score (nSPS) is 12.9. The minimum absolute atomic E-state index is 0.0276. The summed E-state index contributed by atoms with van der Waals surface area (Å²) in [5, 5.41) is 9.88. The van der Waals surface area contributed by atoms with Crippen molar-refractivity contribution in [2.75, 3.05) is 20.2 Å². The molecule has 1 unspecified atom stereocenters. The van der Waals surface area contributed by atoms with E-state index in [2.05, 4.69) is 0 Å². The third-order valence-corrected chi connectivity index (χ3v) is 3.26. The molecular weight excluding hydrogens is 254 g/mol. The number of carbonyl (C=O) groups excluding carboxylic acids is 1. The molecular formula is C16H25NO3. The van der Waals surface area contributed by atoms with Crippen LogP contribution in [0.2, 0.25) is 0 Å². The Morgan fingerprint density at radius 2 is 1.90 bits per heavy atom. The predicted molar refractivity (Wildman–Crippen MR) is 80.0 cm³/mol. The molecule has 0 bridgehead atoms. The zero-order valence-electron chi connectivity index (χ0n) is 13.0. The molecule has 1 N–H and O–H groups in total. The average molecular weight is 279 g/mol. The van der Waals surface area contributed by atoms with E-state index >= 15 is 0 Å². The van der Waals surface area contributed by atoms with Gasteiger partial charge >= 0.3 is 0 Å². The van der Waals surface area contributed by atoms with Crippen molar-refractivity contribution in [3.05, 3.63) is 29.8 Å². The zero-order valence-corrected chi connectivity index (χ0v) is 13.0. The number of ether oxygens (including phenoxy) is 1. The molecule has 0 aliphatic carbocycles. The van der Waals surface area contributed by atoms with Crippen LogP contribution in [-0.2, 0) is 4.79 Å². The molecule has 0 aliphatic heterocycles. The number of nitrogens with zero attached hydrogens (tertiary/aromatic N) is 1. The fourth-order valence-corrected chi connectivity index (χ4v) is 2.12. The molecule has 4 heteroatoms. The van der Waals surface area contributed by atoms with Gasteiger partial charge in [-0.25, -0.2) is 0 Å². The molecule has 1 atom stereocenters. The van der Waals surface area contributed by atoms with Crippen LogP contribution in [0.5, 0.6) is 5.75 Å². The molecule has 1 aromatic carbocycles. The molecule has 0 spiro atoms. The number of hydrogen-bond donors (Lipinski definition) is 1. The van der Waals surface area contributed by atoms with Crippen LogP contribution in [0.25, 0.3) is 0 Å². The molecule has 0 heterocycles. The van der Waals surface area contributed by atoms with E-state index in [9.17, 15) is 9.90 Å². The van der Waals surface area contributed by atoms with Gasteiger partial charge < -0.3 is 14.7 Å². The minimum Gasteiger partial charge on any atom is -0.497 e. The van der Waals surface area contributed by atoms with E-state index in [1.54, 1.807) is 25.9 Å². The van der Waals surface area contributed by atoms with E-state index < -0.39 is 5.60 Å². The van der Waals surface area contributed by atoms with Gasteiger partial charge in [-0.2, -0.15) is 0 Å². The van der Waals surface area contributed by atoms with Crippen molar-refractivity contribution < 1.29 is 14.6 Å². The van der Waals surface area contributed by atoms with Gasteiger partial charge in [0, 0.05) is 13.1 Å². The summed E-state index contributed by atoms with van der Waals surface area (Å²) in [4.78, 5) is 14.2. The average Bonchev–Trinajstić information content (AvgIpc) is 2.42. The van der Waals surface area contributed by atoms with Gasteiger partial charge in [0.25, 0.3) is 0 Å². The molecule has 1 rings (SSSR count). The van der Waals surface area contributed by atoms with Crippen molar-refractivity contribution in [3.63, 3.8) is 0 Å². The maximum absolute atomic E-state index is 12.5. The third-order valence-electron chi connectivity index (χ3n) is 3.26. The Kier molecular flexibility index (Phi) is 5.57. The molecule has 0 radical (unpaired) electrons. The van der Waals surface area contributed by atoms with Crippen LogP contribution >= 0.6 is 0 Å². The second kappa shape index (κ2) is 6.75. The molecule has 1 aromatic rings. The predicted octanol–water partition coefficient (Wildman–Crippen LogP) is 2.42. The second-order valence-electron chi connectivity index (χ2n) is 5.66. The van der Waals surface area contributed by atoms with Crippen molar-refractivity contribution in [2.24, 2.45) is 0 Å². The van der Waals surface area contributed by atoms with Crippen molar-refractivity contribution >= 4 is 5.91 Å². The highest BCUT2D eigenvalue weighted by atomic mass is 16.5. The van der Waals surface area contributed by atoms with Gasteiger partial charge in [-0.1, -0.05) is 12.1 Å². The summed E-state index contributed by atoms with van der Waals surface area (Å²) < 4.78 is 5.12. The van der Waals surface area contributed by atoms with Gasteiger partial charge in [-0.15, -0.1) is 0 Å². The number of carbonyl (C=O) groups is 1. The van der Waals surface area contributed by atoms with Crippen LogP contribution in [0.3, 0.4) is 0 Å². The van der Waals surface area contributed by atoms with Gasteiger partial charge in [0.1, 0.15) is 5.75 Å². The second-order valence-corrected chi connectivity index (χ2v) is 5.66. The quantitative estimate of drug-likeness (QED) is 0.870. The summed E-state index contributed by atoms with van der Waals surface area (Å²) in [5.74, 6) is 0.570. The van der Waals surface area contributed by atoms with Gasteiger partial charge in [0.2, 0.25) is 5.91 Å². The maximum atomic E-state index is 12.5. The Balaban J connectivity index is 2.82. The highest BCUT2D eigenvalue weighted by molar-refractivity contribution is 5.83. The van der Waals surface area contributed by atoms with E-state index in [0.717, 1.165) is 11.3 Å².